The molecule has 0 saturated carbocycles. The lowest BCUT2D eigenvalue weighted by molar-refractivity contribution is -0.133. The summed E-state index contributed by atoms with van der Waals surface area (Å²) in [5.41, 5.74) is 5.62. The van der Waals surface area contributed by atoms with Crippen LogP contribution in [-0.4, -0.2) is 54.5 Å². The van der Waals surface area contributed by atoms with Gasteiger partial charge in [0.25, 0.3) is 0 Å². The second-order valence-corrected chi connectivity index (χ2v) is 4.81. The molecule has 110 valence electrons. The van der Waals surface area contributed by atoms with E-state index in [2.05, 4.69) is 11.8 Å². The normalized spacial score (nSPS) is 18.4. The van der Waals surface area contributed by atoms with Gasteiger partial charge in [0.2, 0.25) is 5.91 Å². The topological polar surface area (TPSA) is 49.6 Å². The van der Waals surface area contributed by atoms with E-state index in [1.54, 1.807) is 6.92 Å². The minimum atomic E-state index is -0.376. The highest BCUT2D eigenvalue weighted by Gasteiger charge is 2.26. The molecule has 1 amide bonds. The van der Waals surface area contributed by atoms with Crippen molar-refractivity contribution in [3.05, 3.63) is 0 Å². The van der Waals surface area contributed by atoms with Crippen molar-refractivity contribution in [2.75, 3.05) is 26.7 Å². The first-order chi connectivity index (χ1) is 7.56. The minimum absolute atomic E-state index is 0. The van der Waals surface area contributed by atoms with Gasteiger partial charge >= 0.3 is 0 Å². The van der Waals surface area contributed by atoms with Gasteiger partial charge in [-0.3, -0.25) is 4.79 Å². The predicted octanol–water partition coefficient (Wildman–Crippen LogP) is 1.51. The Morgan fingerprint density at radius 1 is 1.39 bits per heavy atom. The Morgan fingerprint density at radius 2 is 1.89 bits per heavy atom. The van der Waals surface area contributed by atoms with Gasteiger partial charge < -0.3 is 15.5 Å². The van der Waals surface area contributed by atoms with Crippen LogP contribution in [0.2, 0.25) is 0 Å². The van der Waals surface area contributed by atoms with Gasteiger partial charge in [0.05, 0.1) is 6.04 Å². The summed E-state index contributed by atoms with van der Waals surface area (Å²) in [7, 11) is 1.88. The molecular weight excluding hydrogens is 273 g/mol. The molecule has 18 heavy (non-hydrogen) atoms. The SMILES string of the molecule is CCCN1CCC(N(C)C(=O)C(C)N)CC1.Cl.Cl. The van der Waals surface area contributed by atoms with E-state index in [4.69, 9.17) is 5.73 Å². The van der Waals surface area contributed by atoms with Crippen molar-refractivity contribution in [1.82, 2.24) is 9.80 Å². The van der Waals surface area contributed by atoms with Gasteiger partial charge in [-0.15, -0.1) is 24.8 Å². The molecule has 0 bridgehead atoms. The number of hydrogen-bond acceptors (Lipinski definition) is 3. The van der Waals surface area contributed by atoms with Crippen LogP contribution >= 0.6 is 24.8 Å². The zero-order chi connectivity index (χ0) is 12.1. The van der Waals surface area contributed by atoms with Gasteiger partial charge in [-0.2, -0.15) is 0 Å². The monoisotopic (exact) mass is 299 g/mol. The highest BCUT2D eigenvalue weighted by molar-refractivity contribution is 5.85. The summed E-state index contributed by atoms with van der Waals surface area (Å²) in [6.45, 7) is 7.35. The molecule has 0 aromatic rings. The minimum Gasteiger partial charge on any atom is -0.341 e. The Morgan fingerprint density at radius 3 is 2.28 bits per heavy atom. The van der Waals surface area contributed by atoms with Crippen LogP contribution in [0, 0.1) is 0 Å². The van der Waals surface area contributed by atoms with Crippen molar-refractivity contribution in [1.29, 1.82) is 0 Å². The first kappa shape index (κ1) is 20.3. The van der Waals surface area contributed by atoms with E-state index in [0.29, 0.717) is 6.04 Å². The molecule has 2 N–H and O–H groups in total. The maximum atomic E-state index is 11.7. The van der Waals surface area contributed by atoms with E-state index in [1.165, 1.54) is 13.0 Å². The summed E-state index contributed by atoms with van der Waals surface area (Å²) >= 11 is 0. The van der Waals surface area contributed by atoms with E-state index >= 15 is 0 Å². The number of nitrogens with zero attached hydrogens (tertiary/aromatic N) is 2. The van der Waals surface area contributed by atoms with Crippen molar-refractivity contribution in [3.63, 3.8) is 0 Å². The summed E-state index contributed by atoms with van der Waals surface area (Å²) in [5.74, 6) is 0.0638. The number of carbonyl (C=O) groups excluding carboxylic acids is 1. The summed E-state index contributed by atoms with van der Waals surface area (Å²) in [6, 6.07) is 0.00489. The van der Waals surface area contributed by atoms with Gasteiger partial charge in [0.1, 0.15) is 0 Å². The molecule has 1 unspecified atom stereocenters. The number of likely N-dealkylation sites (tertiary alicyclic amines) is 1. The van der Waals surface area contributed by atoms with Gasteiger partial charge in [0.15, 0.2) is 0 Å². The maximum absolute atomic E-state index is 11.7. The van der Waals surface area contributed by atoms with Crippen LogP contribution in [0.1, 0.15) is 33.1 Å². The molecule has 0 radical (unpaired) electrons. The lowest BCUT2D eigenvalue weighted by atomic mass is 10.0. The highest BCUT2D eigenvalue weighted by Crippen LogP contribution is 2.16. The molecule has 0 aromatic carbocycles. The standard InChI is InChI=1S/C12H25N3O.2ClH/c1-4-7-15-8-5-11(6-9-15)14(3)12(16)10(2)13;;/h10-11H,4-9,13H2,1-3H3;2*1H. The third-order valence-electron chi connectivity index (χ3n) is 3.38. The highest BCUT2D eigenvalue weighted by atomic mass is 35.5. The van der Waals surface area contributed by atoms with Crippen LogP contribution < -0.4 is 5.73 Å². The average Bonchev–Trinajstić information content (AvgIpc) is 2.28. The van der Waals surface area contributed by atoms with Crippen molar-refractivity contribution in [2.24, 2.45) is 5.73 Å². The van der Waals surface area contributed by atoms with Crippen LogP contribution in [-0.2, 0) is 4.79 Å². The van der Waals surface area contributed by atoms with Crippen LogP contribution in [0.15, 0.2) is 0 Å². The number of amides is 1. The van der Waals surface area contributed by atoms with Gasteiger partial charge in [-0.05, 0) is 32.7 Å². The fraction of sp³-hybridized carbons (Fsp3) is 0.917. The Labute approximate surface area is 123 Å². The van der Waals surface area contributed by atoms with Crippen molar-refractivity contribution in [2.45, 2.75) is 45.2 Å². The number of likely N-dealkylation sites (N-methyl/N-ethyl adjacent to an activating group) is 1. The fourth-order valence-corrected chi connectivity index (χ4v) is 2.35. The molecule has 1 aliphatic heterocycles. The molecule has 1 aliphatic rings. The van der Waals surface area contributed by atoms with Crippen molar-refractivity contribution >= 4 is 30.7 Å². The third-order valence-corrected chi connectivity index (χ3v) is 3.38. The van der Waals surface area contributed by atoms with E-state index < -0.39 is 0 Å². The second kappa shape index (κ2) is 9.84. The molecule has 1 rings (SSSR count). The predicted molar refractivity (Wildman–Crippen MR) is 80.7 cm³/mol. The molecule has 1 saturated heterocycles. The van der Waals surface area contributed by atoms with Gasteiger partial charge in [-0.25, -0.2) is 0 Å². The second-order valence-electron chi connectivity index (χ2n) is 4.81. The first-order valence-corrected chi connectivity index (χ1v) is 6.30. The van der Waals surface area contributed by atoms with E-state index in [0.717, 1.165) is 25.9 Å². The molecule has 1 heterocycles. The van der Waals surface area contributed by atoms with Crippen LogP contribution in [0.5, 0.6) is 0 Å². The van der Waals surface area contributed by atoms with Crippen LogP contribution in [0.3, 0.4) is 0 Å². The van der Waals surface area contributed by atoms with Crippen LogP contribution in [0.25, 0.3) is 0 Å². The summed E-state index contributed by atoms with van der Waals surface area (Å²) in [5, 5.41) is 0. The molecule has 4 nitrogen and oxygen atoms in total. The number of piperidine rings is 1. The molecule has 6 heteroatoms. The Bertz CT molecular complexity index is 231. The molecule has 0 aromatic heterocycles. The number of hydrogen-bond donors (Lipinski definition) is 1. The summed E-state index contributed by atoms with van der Waals surface area (Å²) < 4.78 is 0. The van der Waals surface area contributed by atoms with E-state index in [-0.39, 0.29) is 36.8 Å². The zero-order valence-electron chi connectivity index (χ0n) is 11.6. The Hall–Kier alpha value is -0.0300. The largest absolute Gasteiger partial charge is 0.341 e. The zero-order valence-corrected chi connectivity index (χ0v) is 13.2. The quantitative estimate of drug-likeness (QED) is 0.856. The van der Waals surface area contributed by atoms with E-state index in [1.807, 2.05) is 11.9 Å². The number of rotatable bonds is 4. The molecule has 0 spiro atoms. The van der Waals surface area contributed by atoms with Gasteiger partial charge in [0, 0.05) is 26.2 Å². The maximum Gasteiger partial charge on any atom is 0.239 e. The summed E-state index contributed by atoms with van der Waals surface area (Å²) in [6.07, 6.45) is 3.36. The van der Waals surface area contributed by atoms with Gasteiger partial charge in [-0.1, -0.05) is 6.92 Å². The molecule has 1 atom stereocenters. The van der Waals surface area contributed by atoms with E-state index in [9.17, 15) is 4.79 Å². The number of halogens is 2. The molecular formula is C12H27Cl2N3O. The molecule has 1 fully saturated rings. The van der Waals surface area contributed by atoms with Crippen LogP contribution in [0.4, 0.5) is 0 Å². The average molecular weight is 300 g/mol. The lowest BCUT2D eigenvalue weighted by Gasteiger charge is -2.37. The Kier molecular flexibility index (Phi) is 11.1. The lowest BCUT2D eigenvalue weighted by Crippen LogP contribution is -2.49. The number of carbonyl (C=O) groups is 1. The first-order valence-electron chi connectivity index (χ1n) is 6.30. The smallest absolute Gasteiger partial charge is 0.239 e. The summed E-state index contributed by atoms with van der Waals surface area (Å²) in [4.78, 5) is 16.1. The Balaban J connectivity index is 0. The third kappa shape index (κ3) is 5.74. The van der Waals surface area contributed by atoms with Crippen molar-refractivity contribution < 1.29 is 4.79 Å². The number of nitrogens with two attached hydrogens (primary N) is 1. The molecule has 0 aliphatic carbocycles. The van der Waals surface area contributed by atoms with Crippen molar-refractivity contribution in [3.8, 4) is 0 Å². The fourth-order valence-electron chi connectivity index (χ4n) is 2.35.